The van der Waals surface area contributed by atoms with Gasteiger partial charge in [0.25, 0.3) is 11.6 Å². The van der Waals surface area contributed by atoms with Crippen LogP contribution in [0.15, 0.2) is 69.9 Å². The number of amides is 1. The van der Waals surface area contributed by atoms with E-state index in [9.17, 15) is 32.9 Å². The second kappa shape index (κ2) is 13.8. The zero-order valence-corrected chi connectivity index (χ0v) is 26.3. The molecule has 1 fully saturated rings. The number of carbonyl (C=O) groups excluding carboxylic acids is 3. The lowest BCUT2D eigenvalue weighted by atomic mass is 9.80. The zero-order chi connectivity index (χ0) is 33.1. The Morgan fingerprint density at radius 2 is 1.69 bits per heavy atom. The zero-order valence-electron chi connectivity index (χ0n) is 24.7. The molecule has 2 heterocycles. The molecule has 2 aromatic carbocycles. The fraction of sp³-hybridized carbons (Fsp3) is 0.345. The van der Waals surface area contributed by atoms with Crippen molar-refractivity contribution in [3.63, 3.8) is 0 Å². The third kappa shape index (κ3) is 7.50. The van der Waals surface area contributed by atoms with E-state index in [1.54, 1.807) is 24.8 Å². The van der Waals surface area contributed by atoms with Crippen LogP contribution in [0.4, 0.5) is 5.69 Å². The average Bonchev–Trinajstić information content (AvgIpc) is 3.00. The number of rotatable bonds is 9. The number of nitro groups is 1. The molecule has 0 aromatic heterocycles. The predicted molar refractivity (Wildman–Crippen MR) is 163 cm³/mol. The molecular formula is C29H32ClN5O9S. The minimum absolute atomic E-state index is 0.00360. The van der Waals surface area contributed by atoms with Crippen molar-refractivity contribution in [2.24, 2.45) is 5.14 Å². The minimum Gasteiger partial charge on any atom is -0.466 e. The van der Waals surface area contributed by atoms with Crippen LogP contribution in [0.3, 0.4) is 0 Å². The molecule has 1 amide bonds. The number of non-ortho nitro benzene ring substituents is 1. The summed E-state index contributed by atoms with van der Waals surface area (Å²) in [6, 6.07) is 9.62. The number of methoxy groups -OCH3 is 1. The number of sulfonamides is 1. The van der Waals surface area contributed by atoms with Crippen molar-refractivity contribution in [3.05, 3.63) is 91.3 Å². The number of halogens is 1. The van der Waals surface area contributed by atoms with Gasteiger partial charge in [-0.15, -0.1) is 0 Å². The van der Waals surface area contributed by atoms with Crippen LogP contribution in [0.5, 0.6) is 0 Å². The molecule has 1 unspecified atom stereocenters. The van der Waals surface area contributed by atoms with Crippen molar-refractivity contribution in [3.8, 4) is 0 Å². The van der Waals surface area contributed by atoms with E-state index < -0.39 is 32.8 Å². The lowest BCUT2D eigenvalue weighted by Gasteiger charge is -2.35. The summed E-state index contributed by atoms with van der Waals surface area (Å²) in [7, 11) is -2.90. The number of hydrogen-bond donors (Lipinski definition) is 2. The predicted octanol–water partition coefficient (Wildman–Crippen LogP) is 2.30. The Hall–Kier alpha value is -4.31. The molecule has 14 nitrogen and oxygen atoms in total. The van der Waals surface area contributed by atoms with Crippen LogP contribution in [0.1, 0.15) is 35.7 Å². The Kier molecular flexibility index (Phi) is 10.3. The van der Waals surface area contributed by atoms with Gasteiger partial charge >= 0.3 is 11.9 Å². The van der Waals surface area contributed by atoms with E-state index in [1.807, 2.05) is 4.90 Å². The molecular weight excluding hydrogens is 630 g/mol. The Balaban J connectivity index is 1.42. The number of hydrogen-bond acceptors (Lipinski definition) is 11. The van der Waals surface area contributed by atoms with Crippen LogP contribution >= 0.6 is 11.6 Å². The van der Waals surface area contributed by atoms with Crippen molar-refractivity contribution in [1.29, 1.82) is 0 Å². The summed E-state index contributed by atoms with van der Waals surface area (Å²) < 4.78 is 34.2. The highest BCUT2D eigenvalue weighted by Crippen LogP contribution is 2.40. The Bertz CT molecular complexity index is 1720. The number of nitrogens with zero attached hydrogens (tertiary/aromatic N) is 3. The topological polar surface area (TPSA) is 191 Å². The van der Waals surface area contributed by atoms with E-state index in [1.165, 1.54) is 37.4 Å². The van der Waals surface area contributed by atoms with Crippen molar-refractivity contribution in [2.45, 2.75) is 24.7 Å². The third-order valence-corrected chi connectivity index (χ3v) is 8.98. The standard InChI is InChI=1S/C29H32ClN5O9S/c1-17-24(28(37)43-3)26(19-5-4-6-21(15-19)35(39)40)25(18(2)32-17)29(38)44-14-13-33-9-11-34(12-10-33)27(36)20-7-8-22(30)23(16-20)45(31,41)42/h4-8,15-16,26,32H,9-14H2,1-3H3,(H2,31,41,42). The molecule has 0 saturated carbocycles. The first-order chi connectivity index (χ1) is 21.2. The van der Waals surface area contributed by atoms with E-state index in [2.05, 4.69) is 5.32 Å². The SMILES string of the molecule is COC(=O)C1=C(C)NC(C)=C(C(=O)OCCN2CCN(C(=O)c3ccc(Cl)c(S(N)(=O)=O)c3)CC2)C1c1cccc([N+](=O)[O-])c1. The first-order valence-electron chi connectivity index (χ1n) is 13.7. The molecule has 16 heteroatoms. The summed E-state index contributed by atoms with van der Waals surface area (Å²) in [5, 5.41) is 19.6. The molecule has 0 bridgehead atoms. The van der Waals surface area contributed by atoms with Gasteiger partial charge in [0.1, 0.15) is 11.5 Å². The fourth-order valence-electron chi connectivity index (χ4n) is 5.35. The maximum Gasteiger partial charge on any atom is 0.336 e. The number of nitro benzene ring substituents is 1. The Morgan fingerprint density at radius 3 is 2.29 bits per heavy atom. The van der Waals surface area contributed by atoms with Crippen LogP contribution in [-0.2, 0) is 29.1 Å². The lowest BCUT2D eigenvalue weighted by molar-refractivity contribution is -0.384. The normalized spacial score (nSPS) is 17.5. The monoisotopic (exact) mass is 661 g/mol. The third-order valence-electron chi connectivity index (χ3n) is 7.58. The maximum atomic E-state index is 13.5. The van der Waals surface area contributed by atoms with E-state index in [4.69, 9.17) is 26.2 Å². The van der Waals surface area contributed by atoms with Gasteiger partial charge in [-0.25, -0.2) is 23.1 Å². The summed E-state index contributed by atoms with van der Waals surface area (Å²) in [5.74, 6) is -2.73. The summed E-state index contributed by atoms with van der Waals surface area (Å²) in [6.07, 6.45) is 0. The number of piperazine rings is 1. The second-order valence-electron chi connectivity index (χ2n) is 10.4. The summed E-state index contributed by atoms with van der Waals surface area (Å²) in [4.78, 5) is 53.4. The number of dihydropyridines is 1. The smallest absolute Gasteiger partial charge is 0.336 e. The van der Waals surface area contributed by atoms with Crippen molar-refractivity contribution in [1.82, 2.24) is 15.1 Å². The van der Waals surface area contributed by atoms with Gasteiger partial charge < -0.3 is 19.7 Å². The van der Waals surface area contributed by atoms with Crippen molar-refractivity contribution in [2.75, 3.05) is 46.4 Å². The molecule has 1 atom stereocenters. The molecule has 1 saturated heterocycles. The molecule has 2 aliphatic heterocycles. The van der Waals surface area contributed by atoms with Gasteiger partial charge in [-0.1, -0.05) is 23.7 Å². The van der Waals surface area contributed by atoms with Crippen LogP contribution in [-0.4, -0.2) is 87.4 Å². The van der Waals surface area contributed by atoms with Crippen molar-refractivity contribution >= 4 is 45.2 Å². The minimum atomic E-state index is -4.11. The number of primary sulfonamides is 1. The van der Waals surface area contributed by atoms with Crippen LogP contribution in [0, 0.1) is 10.1 Å². The number of ether oxygens (including phenoxy) is 2. The largest absolute Gasteiger partial charge is 0.466 e. The summed E-state index contributed by atoms with van der Waals surface area (Å²) in [6.45, 7) is 5.27. The molecule has 240 valence electrons. The highest BCUT2D eigenvalue weighted by molar-refractivity contribution is 7.89. The van der Waals surface area contributed by atoms with E-state index in [0.717, 1.165) is 6.07 Å². The van der Waals surface area contributed by atoms with Gasteiger partial charge in [0, 0.05) is 61.8 Å². The van der Waals surface area contributed by atoms with Crippen LogP contribution < -0.4 is 10.5 Å². The number of esters is 2. The van der Waals surface area contributed by atoms with Gasteiger partial charge in [0.15, 0.2) is 0 Å². The summed E-state index contributed by atoms with van der Waals surface area (Å²) >= 11 is 5.93. The van der Waals surface area contributed by atoms with Crippen LogP contribution in [0.25, 0.3) is 0 Å². The average molecular weight is 662 g/mol. The Morgan fingerprint density at radius 1 is 1.04 bits per heavy atom. The highest BCUT2D eigenvalue weighted by Gasteiger charge is 2.38. The molecule has 2 aromatic rings. The lowest BCUT2D eigenvalue weighted by Crippen LogP contribution is -2.49. The highest BCUT2D eigenvalue weighted by atomic mass is 35.5. The quantitative estimate of drug-likeness (QED) is 0.228. The molecule has 2 aliphatic rings. The molecule has 0 spiro atoms. The summed E-state index contributed by atoms with van der Waals surface area (Å²) in [5.41, 5.74) is 1.43. The van der Waals surface area contributed by atoms with Gasteiger partial charge in [-0.2, -0.15) is 0 Å². The fourth-order valence-corrected chi connectivity index (χ4v) is 6.42. The first kappa shape index (κ1) is 33.6. The number of benzene rings is 2. The number of carbonyl (C=O) groups is 3. The van der Waals surface area contributed by atoms with Gasteiger partial charge in [0.2, 0.25) is 10.0 Å². The van der Waals surface area contributed by atoms with Gasteiger partial charge in [-0.3, -0.25) is 19.8 Å². The molecule has 3 N–H and O–H groups in total. The van der Waals surface area contributed by atoms with E-state index >= 15 is 0 Å². The maximum absolute atomic E-state index is 13.5. The van der Waals surface area contributed by atoms with Gasteiger partial charge in [-0.05, 0) is 37.6 Å². The van der Waals surface area contributed by atoms with Crippen molar-refractivity contribution < 1.29 is 37.2 Å². The van der Waals surface area contributed by atoms with Gasteiger partial charge in [0.05, 0.1) is 34.1 Å². The number of nitrogens with one attached hydrogen (secondary N) is 1. The van der Waals surface area contributed by atoms with E-state index in [0.29, 0.717) is 49.7 Å². The Labute approximate surface area is 264 Å². The molecule has 4 rings (SSSR count). The molecule has 45 heavy (non-hydrogen) atoms. The first-order valence-corrected chi connectivity index (χ1v) is 15.7. The second-order valence-corrected chi connectivity index (χ2v) is 12.4. The number of nitrogens with two attached hydrogens (primary N) is 1. The van der Waals surface area contributed by atoms with E-state index in [-0.39, 0.29) is 44.8 Å². The number of allylic oxidation sites excluding steroid dienone is 2. The van der Waals surface area contributed by atoms with Crippen LogP contribution in [0.2, 0.25) is 5.02 Å². The molecule has 0 radical (unpaired) electrons. The molecule has 0 aliphatic carbocycles.